The molecule has 1 heterocycles. The highest BCUT2D eigenvalue weighted by atomic mass is 16.2. The van der Waals surface area contributed by atoms with Gasteiger partial charge in [-0.3, -0.25) is 9.59 Å². The quantitative estimate of drug-likeness (QED) is 0.397. The molecule has 0 radical (unpaired) electrons. The Bertz CT molecular complexity index is 1240. The van der Waals surface area contributed by atoms with E-state index in [1.54, 1.807) is 0 Å². The van der Waals surface area contributed by atoms with E-state index in [1.807, 2.05) is 80.3 Å². The molecule has 5 nitrogen and oxygen atoms in total. The first-order valence-electron chi connectivity index (χ1n) is 13.3. The van der Waals surface area contributed by atoms with Crippen LogP contribution in [0.1, 0.15) is 66.6 Å². The van der Waals surface area contributed by atoms with Gasteiger partial charge >= 0.3 is 0 Å². The molecule has 1 aliphatic heterocycles. The van der Waals surface area contributed by atoms with E-state index in [4.69, 9.17) is 0 Å². The number of carbonyl (C=O) groups is 2. The van der Waals surface area contributed by atoms with Crippen LogP contribution in [-0.4, -0.2) is 42.9 Å². The van der Waals surface area contributed by atoms with Crippen LogP contribution in [0.4, 0.5) is 5.69 Å². The maximum atomic E-state index is 13.0. The Balaban J connectivity index is 1.63. The minimum absolute atomic E-state index is 0.0290. The maximum Gasteiger partial charge on any atom is 0.253 e. The normalized spacial score (nSPS) is 14.1. The Kier molecular flexibility index (Phi) is 8.91. The topological polar surface area (TPSA) is 61.4 Å². The number of amides is 2. The molecule has 0 aromatic heterocycles. The predicted molar refractivity (Wildman–Crippen MR) is 152 cm³/mol. The third-order valence-corrected chi connectivity index (χ3v) is 7.14. The van der Waals surface area contributed by atoms with Crippen LogP contribution in [0.15, 0.2) is 84.4 Å². The summed E-state index contributed by atoms with van der Waals surface area (Å²) in [5, 5.41) is 6.56. The summed E-state index contributed by atoms with van der Waals surface area (Å²) in [5.41, 5.74) is 7.23. The molecule has 3 aromatic rings. The van der Waals surface area contributed by atoms with Crippen LogP contribution in [0, 0.1) is 0 Å². The first-order chi connectivity index (χ1) is 18.0. The van der Waals surface area contributed by atoms with Gasteiger partial charge in [0.05, 0.1) is 5.92 Å². The summed E-state index contributed by atoms with van der Waals surface area (Å²) in [6.07, 6.45) is 1.94. The van der Waals surface area contributed by atoms with Crippen LogP contribution >= 0.6 is 0 Å². The number of anilines is 1. The molecule has 4 rings (SSSR count). The zero-order valence-electron chi connectivity index (χ0n) is 22.1. The summed E-state index contributed by atoms with van der Waals surface area (Å²) >= 11 is 0. The molecule has 0 unspecified atom stereocenters. The number of piperidine rings is 1. The highest BCUT2D eigenvalue weighted by Crippen LogP contribution is 2.33. The second-order valence-electron chi connectivity index (χ2n) is 9.49. The molecular formula is C32H37N3O2. The van der Waals surface area contributed by atoms with Gasteiger partial charge < -0.3 is 15.5 Å². The largest absolute Gasteiger partial charge is 0.339 e. The standard InChI is InChI=1S/C32H37N3O2/c1-4-35(5-2)32(37)27-16-14-25(15-17-27)30(26-18-20-33-21-19-26)28-12-9-13-29(22-28)34-31(36)23(3)24-10-7-6-8-11-24/h6-17,22-23,33H,4-5,18-21H2,1-3H3,(H,34,36)/t23-/m1/s1. The first kappa shape index (κ1) is 26.4. The molecule has 1 atom stereocenters. The summed E-state index contributed by atoms with van der Waals surface area (Å²) in [4.78, 5) is 27.7. The van der Waals surface area contributed by atoms with Crippen molar-refractivity contribution >= 4 is 23.1 Å². The summed E-state index contributed by atoms with van der Waals surface area (Å²) in [6, 6.07) is 25.9. The number of benzene rings is 3. The van der Waals surface area contributed by atoms with E-state index >= 15 is 0 Å². The van der Waals surface area contributed by atoms with Crippen LogP contribution < -0.4 is 10.6 Å². The summed E-state index contributed by atoms with van der Waals surface area (Å²) in [7, 11) is 0. The van der Waals surface area contributed by atoms with Gasteiger partial charge in [0.1, 0.15) is 0 Å². The minimum Gasteiger partial charge on any atom is -0.339 e. The number of nitrogens with zero attached hydrogens (tertiary/aromatic N) is 1. The van der Waals surface area contributed by atoms with Crippen LogP contribution in [0.25, 0.3) is 5.57 Å². The zero-order chi connectivity index (χ0) is 26.2. The van der Waals surface area contributed by atoms with Crippen LogP contribution in [-0.2, 0) is 4.79 Å². The molecule has 1 aliphatic rings. The van der Waals surface area contributed by atoms with Crippen molar-refractivity contribution in [2.75, 3.05) is 31.5 Å². The van der Waals surface area contributed by atoms with E-state index in [2.05, 4.69) is 34.9 Å². The molecule has 0 aliphatic carbocycles. The summed E-state index contributed by atoms with van der Waals surface area (Å²) in [6.45, 7) is 9.22. The van der Waals surface area contributed by atoms with Gasteiger partial charge in [-0.1, -0.05) is 60.2 Å². The fourth-order valence-electron chi connectivity index (χ4n) is 4.92. The van der Waals surface area contributed by atoms with Crippen LogP contribution in [0.5, 0.6) is 0 Å². The first-order valence-corrected chi connectivity index (χ1v) is 13.3. The number of rotatable bonds is 8. The molecule has 37 heavy (non-hydrogen) atoms. The smallest absolute Gasteiger partial charge is 0.253 e. The highest BCUT2D eigenvalue weighted by Gasteiger charge is 2.19. The molecular weight excluding hydrogens is 458 g/mol. The van der Waals surface area contributed by atoms with E-state index in [0.29, 0.717) is 18.7 Å². The highest BCUT2D eigenvalue weighted by molar-refractivity contribution is 5.97. The lowest BCUT2D eigenvalue weighted by Gasteiger charge is -2.22. The van der Waals surface area contributed by atoms with Crippen LogP contribution in [0.3, 0.4) is 0 Å². The summed E-state index contributed by atoms with van der Waals surface area (Å²) in [5.74, 6) is -0.216. The lowest BCUT2D eigenvalue weighted by molar-refractivity contribution is -0.117. The number of hydrogen-bond donors (Lipinski definition) is 2. The van der Waals surface area contributed by atoms with Gasteiger partial charge in [-0.25, -0.2) is 0 Å². The van der Waals surface area contributed by atoms with Gasteiger partial charge in [0.25, 0.3) is 5.91 Å². The molecule has 0 saturated carbocycles. The second kappa shape index (κ2) is 12.5. The van der Waals surface area contributed by atoms with Gasteiger partial charge in [-0.2, -0.15) is 0 Å². The molecule has 192 valence electrons. The minimum atomic E-state index is -0.247. The molecule has 0 spiro atoms. The number of hydrogen-bond acceptors (Lipinski definition) is 3. The molecule has 1 saturated heterocycles. The lowest BCUT2D eigenvalue weighted by atomic mass is 9.88. The molecule has 2 amide bonds. The Morgan fingerprint density at radius 1 is 0.838 bits per heavy atom. The number of carbonyl (C=O) groups excluding carboxylic acids is 2. The predicted octanol–water partition coefficient (Wildman–Crippen LogP) is 6.10. The van der Waals surface area contributed by atoms with Crippen molar-refractivity contribution in [3.05, 3.63) is 107 Å². The van der Waals surface area contributed by atoms with Gasteiger partial charge in [0.15, 0.2) is 0 Å². The van der Waals surface area contributed by atoms with Gasteiger partial charge in [0, 0.05) is 24.3 Å². The fraction of sp³-hybridized carbons (Fsp3) is 0.312. The van der Waals surface area contributed by atoms with Gasteiger partial charge in [0.2, 0.25) is 5.91 Å². The molecule has 5 heteroatoms. The van der Waals surface area contributed by atoms with Crippen molar-refractivity contribution in [3.63, 3.8) is 0 Å². The molecule has 2 N–H and O–H groups in total. The Labute approximate surface area is 220 Å². The third kappa shape index (κ3) is 6.36. The average molecular weight is 496 g/mol. The Morgan fingerprint density at radius 3 is 2.14 bits per heavy atom. The van der Waals surface area contributed by atoms with Crippen molar-refractivity contribution in [2.24, 2.45) is 0 Å². The number of nitrogens with one attached hydrogen (secondary N) is 2. The van der Waals surface area contributed by atoms with E-state index in [1.165, 1.54) is 11.1 Å². The van der Waals surface area contributed by atoms with Crippen LogP contribution in [0.2, 0.25) is 0 Å². The third-order valence-electron chi connectivity index (χ3n) is 7.14. The van der Waals surface area contributed by atoms with E-state index in [-0.39, 0.29) is 17.7 Å². The van der Waals surface area contributed by atoms with E-state index < -0.39 is 0 Å². The molecule has 0 bridgehead atoms. The van der Waals surface area contributed by atoms with Crippen molar-refractivity contribution in [1.82, 2.24) is 10.2 Å². The monoisotopic (exact) mass is 495 g/mol. The lowest BCUT2D eigenvalue weighted by Crippen LogP contribution is -2.30. The van der Waals surface area contributed by atoms with Crippen molar-refractivity contribution in [2.45, 2.75) is 39.5 Å². The maximum absolute atomic E-state index is 13.0. The van der Waals surface area contributed by atoms with Crippen molar-refractivity contribution in [1.29, 1.82) is 0 Å². The zero-order valence-corrected chi connectivity index (χ0v) is 22.1. The van der Waals surface area contributed by atoms with Gasteiger partial charge in [-0.05, 0) is 93.2 Å². The Morgan fingerprint density at radius 2 is 1.49 bits per heavy atom. The molecule has 3 aromatic carbocycles. The fourth-order valence-corrected chi connectivity index (χ4v) is 4.92. The second-order valence-corrected chi connectivity index (χ2v) is 9.49. The average Bonchev–Trinajstić information content (AvgIpc) is 2.95. The van der Waals surface area contributed by atoms with Crippen molar-refractivity contribution in [3.8, 4) is 0 Å². The van der Waals surface area contributed by atoms with E-state index in [0.717, 1.165) is 48.3 Å². The van der Waals surface area contributed by atoms with Gasteiger partial charge in [-0.15, -0.1) is 0 Å². The van der Waals surface area contributed by atoms with E-state index in [9.17, 15) is 9.59 Å². The Hall–Kier alpha value is -3.70. The SMILES string of the molecule is CCN(CC)C(=O)c1ccc(C(=C2CCNCC2)c2cccc(NC(=O)[C@H](C)c3ccccc3)c2)cc1. The molecule has 1 fully saturated rings. The van der Waals surface area contributed by atoms with Crippen molar-refractivity contribution < 1.29 is 9.59 Å². The summed E-state index contributed by atoms with van der Waals surface area (Å²) < 4.78 is 0.